The van der Waals surface area contributed by atoms with Gasteiger partial charge in [-0.05, 0) is 95.5 Å². The number of aliphatic carboxylic acids is 1. The van der Waals surface area contributed by atoms with E-state index >= 15 is 0 Å². The maximum Gasteiger partial charge on any atom is 0.326 e. The molecule has 13 heteroatoms. The number of carboxylic acid groups (broad SMARTS) is 1. The first kappa shape index (κ1) is 34.7. The molecule has 1 heterocycles. The van der Waals surface area contributed by atoms with E-state index < -0.39 is 47.9 Å². The first-order valence-corrected chi connectivity index (χ1v) is 14.8. The minimum atomic E-state index is -1.16. The lowest BCUT2D eigenvalue weighted by atomic mass is 10.0. The lowest BCUT2D eigenvalue weighted by molar-refractivity contribution is -0.142. The number of carbonyl (C=O) groups is 4. The van der Waals surface area contributed by atoms with E-state index in [1.54, 1.807) is 0 Å². The molecule has 42 heavy (non-hydrogen) atoms. The number of carbonyl (C=O) groups excluding carboxylic acids is 3. The summed E-state index contributed by atoms with van der Waals surface area (Å²) in [6, 6.07) is 3.70. The monoisotopic (exact) mass is 588 g/mol. The second-order valence-electron chi connectivity index (χ2n) is 10.5. The van der Waals surface area contributed by atoms with Gasteiger partial charge < -0.3 is 49.0 Å². The summed E-state index contributed by atoms with van der Waals surface area (Å²) in [6.45, 7) is 1.25. The summed E-state index contributed by atoms with van der Waals surface area (Å²) in [7, 11) is 0. The molecule has 0 fully saturated rings. The van der Waals surface area contributed by atoms with Crippen molar-refractivity contribution >= 4 is 34.6 Å². The number of rotatable bonds is 21. The van der Waals surface area contributed by atoms with E-state index in [-0.39, 0.29) is 19.3 Å². The Morgan fingerprint density at radius 1 is 0.714 bits per heavy atom. The third-order valence-electron chi connectivity index (χ3n) is 7.17. The van der Waals surface area contributed by atoms with Gasteiger partial charge in [0.1, 0.15) is 18.1 Å². The molecule has 13 nitrogen and oxygen atoms in total. The number of nitrogens with one attached hydrogen (secondary N) is 4. The molecule has 2 aromatic rings. The maximum atomic E-state index is 13.4. The van der Waals surface area contributed by atoms with E-state index in [4.69, 9.17) is 22.9 Å². The van der Waals surface area contributed by atoms with Crippen molar-refractivity contribution in [3.8, 4) is 0 Å². The number of carboxylic acids is 1. The van der Waals surface area contributed by atoms with Crippen LogP contribution >= 0.6 is 0 Å². The molecule has 4 atom stereocenters. The number of aromatic amines is 1. The van der Waals surface area contributed by atoms with Crippen molar-refractivity contribution in [1.82, 2.24) is 20.9 Å². The predicted octanol–water partition coefficient (Wildman–Crippen LogP) is -0.0363. The highest BCUT2D eigenvalue weighted by Gasteiger charge is 2.30. The molecule has 0 saturated carbocycles. The third kappa shape index (κ3) is 11.4. The summed E-state index contributed by atoms with van der Waals surface area (Å²) in [6.07, 6.45) is 6.38. The van der Waals surface area contributed by atoms with Crippen LogP contribution in [0, 0.1) is 0 Å². The molecule has 0 radical (unpaired) electrons. The van der Waals surface area contributed by atoms with Gasteiger partial charge in [-0.2, -0.15) is 0 Å². The number of nitrogens with two attached hydrogens (primary N) is 4. The largest absolute Gasteiger partial charge is 0.480 e. The standard InChI is InChI=1S/C29H48N8O5/c30-14-6-3-11-23(35-26(38)21(33)17-19-18-34-22-10-2-1-9-20(19)22)27(39)36-24(12-4-7-15-31)28(40)37-25(29(41)42)13-5-8-16-32/h1-2,9-10,18,21,23-25,34H,3-8,11-17,30-33H2,(H,35,38)(H,36,39)(H,37,40)(H,41,42). The lowest BCUT2D eigenvalue weighted by Crippen LogP contribution is -2.57. The molecule has 13 N–H and O–H groups in total. The zero-order valence-electron chi connectivity index (χ0n) is 24.3. The van der Waals surface area contributed by atoms with Crippen LogP contribution in [0.4, 0.5) is 0 Å². The smallest absolute Gasteiger partial charge is 0.326 e. The Bertz CT molecular complexity index is 1140. The summed E-state index contributed by atoms with van der Waals surface area (Å²) in [4.78, 5) is 54.6. The number of amides is 3. The third-order valence-corrected chi connectivity index (χ3v) is 7.17. The minimum Gasteiger partial charge on any atom is -0.480 e. The fraction of sp³-hybridized carbons (Fsp3) is 0.586. The van der Waals surface area contributed by atoms with Gasteiger partial charge >= 0.3 is 5.97 Å². The van der Waals surface area contributed by atoms with Crippen molar-refractivity contribution < 1.29 is 24.3 Å². The van der Waals surface area contributed by atoms with Crippen LogP contribution in [-0.2, 0) is 25.6 Å². The van der Waals surface area contributed by atoms with E-state index in [2.05, 4.69) is 20.9 Å². The predicted molar refractivity (Wildman–Crippen MR) is 162 cm³/mol. The number of benzene rings is 1. The van der Waals surface area contributed by atoms with Gasteiger partial charge in [-0.15, -0.1) is 0 Å². The van der Waals surface area contributed by atoms with Crippen molar-refractivity contribution in [2.75, 3.05) is 19.6 Å². The first-order valence-electron chi connectivity index (χ1n) is 14.8. The van der Waals surface area contributed by atoms with Crippen LogP contribution in [0.1, 0.15) is 63.4 Å². The molecule has 234 valence electrons. The number of para-hydroxylation sites is 1. The number of unbranched alkanes of at least 4 members (excludes halogenated alkanes) is 3. The van der Waals surface area contributed by atoms with Gasteiger partial charge in [0.2, 0.25) is 17.7 Å². The molecule has 4 unspecified atom stereocenters. The normalized spacial score (nSPS) is 14.1. The van der Waals surface area contributed by atoms with Gasteiger partial charge in [0, 0.05) is 17.1 Å². The van der Waals surface area contributed by atoms with Crippen LogP contribution in [-0.4, -0.2) is 77.6 Å². The Morgan fingerprint density at radius 2 is 1.19 bits per heavy atom. The Kier molecular flexibility index (Phi) is 15.5. The van der Waals surface area contributed by atoms with Crippen LogP contribution in [0.2, 0.25) is 0 Å². The highest BCUT2D eigenvalue weighted by atomic mass is 16.4. The highest BCUT2D eigenvalue weighted by Crippen LogP contribution is 2.19. The molecule has 3 amide bonds. The average molecular weight is 589 g/mol. The van der Waals surface area contributed by atoms with Crippen LogP contribution < -0.4 is 38.9 Å². The highest BCUT2D eigenvalue weighted by molar-refractivity contribution is 5.94. The summed E-state index contributed by atoms with van der Waals surface area (Å²) >= 11 is 0. The Hall–Kier alpha value is -3.52. The maximum absolute atomic E-state index is 13.4. The van der Waals surface area contributed by atoms with Gasteiger partial charge in [0.25, 0.3) is 0 Å². The van der Waals surface area contributed by atoms with E-state index in [0.717, 1.165) is 16.5 Å². The molecule has 1 aromatic heterocycles. The van der Waals surface area contributed by atoms with Gasteiger partial charge in [-0.25, -0.2) is 4.79 Å². The summed E-state index contributed by atoms with van der Waals surface area (Å²) in [5.41, 5.74) is 24.8. The van der Waals surface area contributed by atoms with E-state index in [9.17, 15) is 24.3 Å². The van der Waals surface area contributed by atoms with E-state index in [1.165, 1.54) is 0 Å². The van der Waals surface area contributed by atoms with E-state index in [1.807, 2.05) is 30.5 Å². The number of hydrogen-bond acceptors (Lipinski definition) is 8. The van der Waals surface area contributed by atoms with Crippen molar-refractivity contribution in [3.05, 3.63) is 36.0 Å². The van der Waals surface area contributed by atoms with Crippen LogP contribution in [0.15, 0.2) is 30.5 Å². The van der Waals surface area contributed by atoms with Crippen molar-refractivity contribution in [2.45, 2.75) is 88.4 Å². The second kappa shape index (κ2) is 18.8. The molecule has 0 saturated heterocycles. The summed E-state index contributed by atoms with van der Waals surface area (Å²) in [5.74, 6) is -2.82. The zero-order valence-corrected chi connectivity index (χ0v) is 24.3. The van der Waals surface area contributed by atoms with Crippen molar-refractivity contribution in [3.63, 3.8) is 0 Å². The average Bonchev–Trinajstić information content (AvgIpc) is 3.38. The molecule has 0 spiro atoms. The molecule has 2 rings (SSSR count). The SMILES string of the molecule is NCCCCC(NC(=O)C(CCCCN)NC(=O)C(CCCCN)NC(=O)C(N)Cc1c[nH]c2ccccc12)C(=O)O. The number of H-pyrrole nitrogens is 1. The van der Waals surface area contributed by atoms with Crippen LogP contribution in [0.3, 0.4) is 0 Å². The summed E-state index contributed by atoms with van der Waals surface area (Å²) in [5, 5.41) is 18.6. The van der Waals surface area contributed by atoms with Gasteiger partial charge in [0.05, 0.1) is 6.04 Å². The fourth-order valence-electron chi connectivity index (χ4n) is 4.73. The molecule has 1 aromatic carbocycles. The van der Waals surface area contributed by atoms with Gasteiger partial charge in [-0.3, -0.25) is 14.4 Å². The van der Waals surface area contributed by atoms with Crippen LogP contribution in [0.5, 0.6) is 0 Å². The van der Waals surface area contributed by atoms with Crippen molar-refractivity contribution in [2.24, 2.45) is 22.9 Å². The number of aromatic nitrogens is 1. The van der Waals surface area contributed by atoms with Crippen LogP contribution in [0.25, 0.3) is 10.9 Å². The Balaban J connectivity index is 2.12. The quantitative estimate of drug-likeness (QED) is 0.0887. The Morgan fingerprint density at radius 3 is 1.71 bits per heavy atom. The molecule has 0 aliphatic heterocycles. The topological polar surface area (TPSA) is 244 Å². The van der Waals surface area contributed by atoms with E-state index in [0.29, 0.717) is 64.6 Å². The molecular weight excluding hydrogens is 540 g/mol. The summed E-state index contributed by atoms with van der Waals surface area (Å²) < 4.78 is 0. The zero-order chi connectivity index (χ0) is 30.9. The Labute approximate surface area is 246 Å². The minimum absolute atomic E-state index is 0.216. The molecular formula is C29H48N8O5. The van der Waals surface area contributed by atoms with Gasteiger partial charge in [0.15, 0.2) is 0 Å². The molecule has 0 aliphatic rings. The fourth-order valence-corrected chi connectivity index (χ4v) is 4.73. The lowest BCUT2D eigenvalue weighted by Gasteiger charge is -2.25. The number of hydrogen-bond donors (Lipinski definition) is 9. The molecule has 0 aliphatic carbocycles. The van der Waals surface area contributed by atoms with Crippen molar-refractivity contribution in [1.29, 1.82) is 0 Å². The molecule has 0 bridgehead atoms. The number of fused-ring (bicyclic) bond motifs is 1. The second-order valence-corrected chi connectivity index (χ2v) is 10.5. The first-order chi connectivity index (χ1) is 20.2. The van der Waals surface area contributed by atoms with Gasteiger partial charge in [-0.1, -0.05) is 18.2 Å².